The van der Waals surface area contributed by atoms with Crippen LogP contribution in [-0.2, 0) is 11.3 Å². The predicted molar refractivity (Wildman–Crippen MR) is 105 cm³/mol. The molecule has 1 fully saturated rings. The Labute approximate surface area is 164 Å². The number of likely N-dealkylation sites (tertiary alicyclic amines) is 1. The molecule has 0 radical (unpaired) electrons. The fourth-order valence-corrected chi connectivity index (χ4v) is 3.10. The molecule has 0 unspecified atom stereocenters. The highest BCUT2D eigenvalue weighted by molar-refractivity contribution is 5.94. The minimum Gasteiger partial charge on any atom is -0.494 e. The molecule has 0 bridgehead atoms. The summed E-state index contributed by atoms with van der Waals surface area (Å²) in [5, 5.41) is 2.90. The van der Waals surface area contributed by atoms with Crippen molar-refractivity contribution in [3.8, 4) is 5.75 Å². The van der Waals surface area contributed by atoms with E-state index in [0.717, 1.165) is 31.4 Å². The van der Waals surface area contributed by atoms with Gasteiger partial charge in [0, 0.05) is 31.6 Å². The SMILES string of the molecule is O=C(NCCCCOc1ccc(F)cc1)c1ccc(CN2CCCC2=O)cc1. The second-order valence-electron chi connectivity index (χ2n) is 6.88. The summed E-state index contributed by atoms with van der Waals surface area (Å²) in [4.78, 5) is 25.7. The average Bonchev–Trinajstić information content (AvgIpc) is 3.11. The summed E-state index contributed by atoms with van der Waals surface area (Å²) < 4.78 is 18.3. The van der Waals surface area contributed by atoms with Crippen molar-refractivity contribution >= 4 is 11.8 Å². The van der Waals surface area contributed by atoms with Crippen LogP contribution in [-0.4, -0.2) is 36.4 Å². The third kappa shape index (κ3) is 5.81. The molecule has 0 saturated carbocycles. The molecule has 0 atom stereocenters. The van der Waals surface area contributed by atoms with Crippen molar-refractivity contribution < 1.29 is 18.7 Å². The van der Waals surface area contributed by atoms with E-state index in [0.29, 0.717) is 37.4 Å². The first kappa shape index (κ1) is 19.9. The Hall–Kier alpha value is -2.89. The molecule has 1 N–H and O–H groups in total. The number of ether oxygens (including phenoxy) is 1. The standard InChI is InChI=1S/C22H25FN2O3/c23-19-9-11-20(12-10-19)28-15-2-1-13-24-22(27)18-7-5-17(6-8-18)16-25-14-3-4-21(25)26/h5-12H,1-4,13-16H2,(H,24,27). The van der Waals surface area contributed by atoms with Crippen molar-refractivity contribution in [2.24, 2.45) is 0 Å². The van der Waals surface area contributed by atoms with Crippen LogP contribution in [0.1, 0.15) is 41.6 Å². The summed E-state index contributed by atoms with van der Waals surface area (Å²) in [6, 6.07) is 13.3. The number of rotatable bonds is 9. The molecule has 2 aromatic carbocycles. The first-order chi connectivity index (χ1) is 13.6. The Balaban J connectivity index is 1.33. The van der Waals surface area contributed by atoms with Crippen molar-refractivity contribution in [2.75, 3.05) is 19.7 Å². The van der Waals surface area contributed by atoms with Gasteiger partial charge in [-0.2, -0.15) is 0 Å². The predicted octanol–water partition coefficient (Wildman–Crippen LogP) is 3.54. The van der Waals surface area contributed by atoms with Crippen LogP contribution in [0, 0.1) is 5.82 Å². The van der Waals surface area contributed by atoms with E-state index in [2.05, 4.69) is 5.32 Å². The molecule has 6 heteroatoms. The molecular formula is C22H25FN2O3. The number of hydrogen-bond acceptors (Lipinski definition) is 3. The Morgan fingerprint density at radius 2 is 1.82 bits per heavy atom. The Bertz CT molecular complexity index is 790. The molecular weight excluding hydrogens is 359 g/mol. The summed E-state index contributed by atoms with van der Waals surface area (Å²) in [5.41, 5.74) is 1.64. The molecule has 1 saturated heterocycles. The van der Waals surface area contributed by atoms with Gasteiger partial charge in [0.25, 0.3) is 5.91 Å². The van der Waals surface area contributed by atoms with Crippen molar-refractivity contribution in [1.29, 1.82) is 0 Å². The van der Waals surface area contributed by atoms with Crippen LogP contribution in [0.2, 0.25) is 0 Å². The minimum atomic E-state index is -0.285. The van der Waals surface area contributed by atoms with Crippen molar-refractivity contribution in [1.82, 2.24) is 10.2 Å². The number of carbonyl (C=O) groups is 2. The van der Waals surface area contributed by atoms with E-state index in [4.69, 9.17) is 4.74 Å². The number of halogens is 1. The summed E-state index contributed by atoms with van der Waals surface area (Å²) in [6.45, 7) is 2.50. The maximum atomic E-state index is 12.8. The van der Waals surface area contributed by atoms with Gasteiger partial charge < -0.3 is 15.0 Å². The van der Waals surface area contributed by atoms with E-state index in [1.54, 1.807) is 24.3 Å². The topological polar surface area (TPSA) is 58.6 Å². The van der Waals surface area contributed by atoms with Gasteiger partial charge >= 0.3 is 0 Å². The molecule has 2 aromatic rings. The van der Waals surface area contributed by atoms with Gasteiger partial charge in [-0.25, -0.2) is 4.39 Å². The second kappa shape index (κ2) is 9.88. The molecule has 1 heterocycles. The molecule has 0 aromatic heterocycles. The van der Waals surface area contributed by atoms with Crippen LogP contribution in [0.5, 0.6) is 5.75 Å². The highest BCUT2D eigenvalue weighted by Gasteiger charge is 2.19. The van der Waals surface area contributed by atoms with E-state index in [9.17, 15) is 14.0 Å². The average molecular weight is 384 g/mol. The van der Waals surface area contributed by atoms with E-state index in [1.165, 1.54) is 12.1 Å². The smallest absolute Gasteiger partial charge is 0.251 e. The molecule has 0 aliphatic carbocycles. The second-order valence-corrected chi connectivity index (χ2v) is 6.88. The number of amides is 2. The summed E-state index contributed by atoms with van der Waals surface area (Å²) in [7, 11) is 0. The number of carbonyl (C=O) groups excluding carboxylic acids is 2. The van der Waals surface area contributed by atoms with Gasteiger partial charge in [0.1, 0.15) is 11.6 Å². The van der Waals surface area contributed by atoms with Crippen LogP contribution in [0.4, 0.5) is 4.39 Å². The fraction of sp³-hybridized carbons (Fsp3) is 0.364. The lowest BCUT2D eigenvalue weighted by atomic mass is 10.1. The third-order valence-corrected chi connectivity index (χ3v) is 4.70. The fourth-order valence-electron chi connectivity index (χ4n) is 3.10. The quantitative estimate of drug-likeness (QED) is 0.673. The van der Waals surface area contributed by atoms with Gasteiger partial charge in [-0.15, -0.1) is 0 Å². The first-order valence-corrected chi connectivity index (χ1v) is 9.65. The number of benzene rings is 2. The summed E-state index contributed by atoms with van der Waals surface area (Å²) in [6.07, 6.45) is 3.15. The minimum absolute atomic E-state index is 0.108. The Morgan fingerprint density at radius 3 is 2.50 bits per heavy atom. The molecule has 28 heavy (non-hydrogen) atoms. The van der Waals surface area contributed by atoms with Gasteiger partial charge in [0.05, 0.1) is 6.61 Å². The normalized spacial score (nSPS) is 13.6. The van der Waals surface area contributed by atoms with Crippen LogP contribution in [0.3, 0.4) is 0 Å². The number of unbranched alkanes of at least 4 members (excludes halogenated alkanes) is 1. The largest absolute Gasteiger partial charge is 0.494 e. The van der Waals surface area contributed by atoms with E-state index in [1.807, 2.05) is 17.0 Å². The van der Waals surface area contributed by atoms with Gasteiger partial charge in [0.2, 0.25) is 5.91 Å². The highest BCUT2D eigenvalue weighted by atomic mass is 19.1. The van der Waals surface area contributed by atoms with Crippen molar-refractivity contribution in [3.05, 3.63) is 65.5 Å². The molecule has 1 aliphatic heterocycles. The summed E-state index contributed by atoms with van der Waals surface area (Å²) in [5.74, 6) is 0.447. The van der Waals surface area contributed by atoms with Crippen LogP contribution in [0.25, 0.3) is 0 Å². The van der Waals surface area contributed by atoms with Gasteiger partial charge in [-0.1, -0.05) is 12.1 Å². The number of nitrogens with one attached hydrogen (secondary N) is 1. The molecule has 148 valence electrons. The molecule has 0 spiro atoms. The van der Waals surface area contributed by atoms with Gasteiger partial charge in [-0.05, 0) is 61.2 Å². The molecule has 2 amide bonds. The lowest BCUT2D eigenvalue weighted by Gasteiger charge is -2.15. The zero-order valence-corrected chi connectivity index (χ0v) is 15.8. The molecule has 5 nitrogen and oxygen atoms in total. The van der Waals surface area contributed by atoms with Crippen LogP contribution in [0.15, 0.2) is 48.5 Å². The van der Waals surface area contributed by atoms with E-state index < -0.39 is 0 Å². The molecule has 3 rings (SSSR count). The Kier molecular flexibility index (Phi) is 7.00. The van der Waals surface area contributed by atoms with Crippen LogP contribution >= 0.6 is 0 Å². The summed E-state index contributed by atoms with van der Waals surface area (Å²) >= 11 is 0. The molecule has 1 aliphatic rings. The zero-order valence-electron chi connectivity index (χ0n) is 15.8. The lowest BCUT2D eigenvalue weighted by molar-refractivity contribution is -0.128. The maximum absolute atomic E-state index is 12.8. The van der Waals surface area contributed by atoms with E-state index >= 15 is 0 Å². The third-order valence-electron chi connectivity index (χ3n) is 4.70. The van der Waals surface area contributed by atoms with Crippen molar-refractivity contribution in [3.63, 3.8) is 0 Å². The highest BCUT2D eigenvalue weighted by Crippen LogP contribution is 2.15. The van der Waals surface area contributed by atoms with Crippen molar-refractivity contribution in [2.45, 2.75) is 32.2 Å². The van der Waals surface area contributed by atoms with Gasteiger partial charge in [0.15, 0.2) is 0 Å². The maximum Gasteiger partial charge on any atom is 0.251 e. The monoisotopic (exact) mass is 384 g/mol. The van der Waals surface area contributed by atoms with Gasteiger partial charge in [-0.3, -0.25) is 9.59 Å². The number of hydrogen-bond donors (Lipinski definition) is 1. The lowest BCUT2D eigenvalue weighted by Crippen LogP contribution is -2.25. The number of nitrogens with zero attached hydrogens (tertiary/aromatic N) is 1. The Morgan fingerprint density at radius 1 is 1.07 bits per heavy atom. The first-order valence-electron chi connectivity index (χ1n) is 9.65. The van der Waals surface area contributed by atoms with Crippen LogP contribution < -0.4 is 10.1 Å². The van der Waals surface area contributed by atoms with E-state index in [-0.39, 0.29) is 17.6 Å². The zero-order chi connectivity index (χ0) is 19.8.